The van der Waals surface area contributed by atoms with E-state index in [-0.39, 0.29) is 17.1 Å². The minimum atomic E-state index is -4.52. The van der Waals surface area contributed by atoms with Crippen LogP contribution in [-0.2, 0) is 0 Å². The van der Waals surface area contributed by atoms with Crippen LogP contribution in [0.4, 0.5) is 17.6 Å². The first-order valence-electron chi connectivity index (χ1n) is 9.27. The monoisotopic (exact) mass is 376 g/mol. The fourth-order valence-electron chi connectivity index (χ4n) is 2.92. The van der Waals surface area contributed by atoms with Gasteiger partial charge in [0.2, 0.25) is 0 Å². The summed E-state index contributed by atoms with van der Waals surface area (Å²) in [5, 5.41) is 5.07. The summed E-state index contributed by atoms with van der Waals surface area (Å²) in [6.07, 6.45) is -1.78. The van der Waals surface area contributed by atoms with Crippen molar-refractivity contribution in [3.63, 3.8) is 0 Å². The standard InChI is InChI=1S/C18H26F4N2.C2H6/c1-5-12(6-2)13-9-8-10-15(19)16(13)14(11-24-7-3)17(23-4)18(20,21)22;1-2/h8-12,17,23-24H,5-7H2,1-4H3;1-2H3/b14-11-;. The van der Waals surface area contributed by atoms with E-state index in [2.05, 4.69) is 10.6 Å². The summed E-state index contributed by atoms with van der Waals surface area (Å²) < 4.78 is 55.0. The Balaban J connectivity index is 0.00000301. The SMILES string of the molecule is CC.CCN/C=C(/c1c(F)cccc1C(CC)CC)C(NC)C(F)(F)F. The molecular weight excluding hydrogens is 344 g/mol. The summed E-state index contributed by atoms with van der Waals surface area (Å²) in [7, 11) is 1.23. The lowest BCUT2D eigenvalue weighted by atomic mass is 9.85. The lowest BCUT2D eigenvalue weighted by Gasteiger charge is -2.27. The van der Waals surface area contributed by atoms with Gasteiger partial charge in [0.15, 0.2) is 0 Å². The molecule has 0 aliphatic carbocycles. The Hall–Kier alpha value is -1.56. The number of likely N-dealkylation sites (N-methyl/N-ethyl adjacent to an activating group) is 1. The van der Waals surface area contributed by atoms with Gasteiger partial charge in [-0.15, -0.1) is 0 Å². The van der Waals surface area contributed by atoms with E-state index < -0.39 is 18.0 Å². The molecule has 0 fully saturated rings. The van der Waals surface area contributed by atoms with Gasteiger partial charge in [-0.1, -0.05) is 39.8 Å². The van der Waals surface area contributed by atoms with E-state index in [9.17, 15) is 17.6 Å². The van der Waals surface area contributed by atoms with Gasteiger partial charge in [0, 0.05) is 23.9 Å². The predicted octanol–water partition coefficient (Wildman–Crippen LogP) is 5.86. The van der Waals surface area contributed by atoms with E-state index in [0.29, 0.717) is 12.1 Å². The molecule has 0 saturated carbocycles. The number of nitrogens with one attached hydrogen (secondary N) is 2. The Bertz CT molecular complexity index is 549. The first-order valence-corrected chi connectivity index (χ1v) is 9.27. The van der Waals surface area contributed by atoms with Gasteiger partial charge in [-0.2, -0.15) is 13.2 Å². The van der Waals surface area contributed by atoms with Gasteiger partial charge in [-0.3, -0.25) is 0 Å². The van der Waals surface area contributed by atoms with Crippen LogP contribution in [-0.4, -0.2) is 25.8 Å². The number of hydrogen-bond acceptors (Lipinski definition) is 2. The summed E-state index contributed by atoms with van der Waals surface area (Å²) >= 11 is 0. The third-order valence-electron chi connectivity index (χ3n) is 4.15. The highest BCUT2D eigenvalue weighted by molar-refractivity contribution is 5.73. The molecule has 0 aromatic heterocycles. The minimum absolute atomic E-state index is 0.00599. The summed E-state index contributed by atoms with van der Waals surface area (Å²) in [6.45, 7) is 10.1. The van der Waals surface area contributed by atoms with E-state index in [1.54, 1.807) is 19.1 Å². The first-order chi connectivity index (χ1) is 12.3. The molecule has 2 N–H and O–H groups in total. The van der Waals surface area contributed by atoms with E-state index in [1.807, 2.05) is 27.7 Å². The molecule has 1 unspecified atom stereocenters. The second-order valence-corrected chi connectivity index (χ2v) is 5.64. The molecule has 150 valence electrons. The van der Waals surface area contributed by atoms with Crippen molar-refractivity contribution in [3.8, 4) is 0 Å². The average molecular weight is 376 g/mol. The Morgan fingerprint density at radius 3 is 2.12 bits per heavy atom. The maximum Gasteiger partial charge on any atom is 0.407 e. The average Bonchev–Trinajstić information content (AvgIpc) is 2.61. The molecule has 0 spiro atoms. The minimum Gasteiger partial charge on any atom is -0.391 e. The summed E-state index contributed by atoms with van der Waals surface area (Å²) in [4.78, 5) is 0. The Labute approximate surface area is 155 Å². The van der Waals surface area contributed by atoms with E-state index in [4.69, 9.17) is 0 Å². The smallest absolute Gasteiger partial charge is 0.391 e. The highest BCUT2D eigenvalue weighted by Crippen LogP contribution is 2.37. The molecule has 1 rings (SSSR count). The summed E-state index contributed by atoms with van der Waals surface area (Å²) in [5.74, 6) is -0.625. The zero-order valence-corrected chi connectivity index (χ0v) is 16.6. The van der Waals surface area contributed by atoms with Crippen LogP contribution >= 0.6 is 0 Å². The largest absolute Gasteiger partial charge is 0.407 e. The van der Waals surface area contributed by atoms with Crippen molar-refractivity contribution in [2.45, 2.75) is 65.6 Å². The van der Waals surface area contributed by atoms with Crippen molar-refractivity contribution >= 4 is 5.57 Å². The molecule has 6 heteroatoms. The number of halogens is 4. The lowest BCUT2D eigenvalue weighted by molar-refractivity contribution is -0.140. The van der Waals surface area contributed by atoms with Crippen molar-refractivity contribution < 1.29 is 17.6 Å². The van der Waals surface area contributed by atoms with Crippen molar-refractivity contribution in [2.24, 2.45) is 0 Å². The summed E-state index contributed by atoms with van der Waals surface area (Å²) in [5.41, 5.74) is 0.546. The van der Waals surface area contributed by atoms with Crippen molar-refractivity contribution in [1.82, 2.24) is 10.6 Å². The van der Waals surface area contributed by atoms with Crippen molar-refractivity contribution in [1.29, 1.82) is 0 Å². The third-order valence-corrected chi connectivity index (χ3v) is 4.15. The van der Waals surface area contributed by atoms with E-state index in [0.717, 1.165) is 12.8 Å². The van der Waals surface area contributed by atoms with Crippen LogP contribution < -0.4 is 10.6 Å². The molecule has 0 saturated heterocycles. The molecule has 1 aromatic carbocycles. The van der Waals surface area contributed by atoms with Crippen LogP contribution in [0.25, 0.3) is 5.57 Å². The van der Waals surface area contributed by atoms with Gasteiger partial charge in [-0.25, -0.2) is 4.39 Å². The molecule has 0 radical (unpaired) electrons. The topological polar surface area (TPSA) is 24.1 Å². The van der Waals surface area contributed by atoms with Crippen LogP contribution in [0.15, 0.2) is 24.4 Å². The van der Waals surface area contributed by atoms with Crippen LogP contribution in [0.1, 0.15) is 64.5 Å². The van der Waals surface area contributed by atoms with Crippen molar-refractivity contribution in [3.05, 3.63) is 41.3 Å². The first kappa shape index (κ1) is 24.4. The quantitative estimate of drug-likeness (QED) is 0.556. The van der Waals surface area contributed by atoms with Gasteiger partial charge in [0.25, 0.3) is 0 Å². The predicted molar refractivity (Wildman–Crippen MR) is 102 cm³/mol. The van der Waals surface area contributed by atoms with Gasteiger partial charge in [-0.05, 0) is 44.4 Å². The molecule has 1 aromatic rings. The molecule has 0 amide bonds. The number of hydrogen-bond donors (Lipinski definition) is 2. The molecule has 0 bridgehead atoms. The Morgan fingerprint density at radius 2 is 1.69 bits per heavy atom. The van der Waals surface area contributed by atoms with E-state index in [1.165, 1.54) is 19.3 Å². The summed E-state index contributed by atoms with van der Waals surface area (Å²) in [6, 6.07) is 2.55. The highest BCUT2D eigenvalue weighted by atomic mass is 19.4. The van der Waals surface area contributed by atoms with E-state index >= 15 is 0 Å². The second kappa shape index (κ2) is 11.9. The maximum atomic E-state index is 14.6. The van der Waals surface area contributed by atoms with Gasteiger partial charge < -0.3 is 10.6 Å². The Kier molecular flexibility index (Phi) is 11.2. The number of benzene rings is 1. The molecule has 1 atom stereocenters. The maximum absolute atomic E-state index is 14.6. The fourth-order valence-corrected chi connectivity index (χ4v) is 2.92. The molecule has 26 heavy (non-hydrogen) atoms. The zero-order chi connectivity index (χ0) is 20.3. The van der Waals surface area contributed by atoms with Crippen LogP contribution in [0.2, 0.25) is 0 Å². The van der Waals surface area contributed by atoms with Crippen LogP contribution in [0, 0.1) is 5.82 Å². The molecule has 0 heterocycles. The van der Waals surface area contributed by atoms with Gasteiger partial charge >= 0.3 is 6.18 Å². The Morgan fingerprint density at radius 1 is 1.12 bits per heavy atom. The van der Waals surface area contributed by atoms with Gasteiger partial charge in [0.1, 0.15) is 11.9 Å². The third kappa shape index (κ3) is 6.31. The number of alkyl halides is 3. The van der Waals surface area contributed by atoms with Crippen LogP contribution in [0.5, 0.6) is 0 Å². The van der Waals surface area contributed by atoms with Crippen molar-refractivity contribution in [2.75, 3.05) is 13.6 Å². The number of rotatable bonds is 8. The normalized spacial score (nSPS) is 13.3. The highest BCUT2D eigenvalue weighted by Gasteiger charge is 2.42. The molecule has 0 aliphatic heterocycles. The fraction of sp³-hybridized carbons (Fsp3) is 0.600. The lowest BCUT2D eigenvalue weighted by Crippen LogP contribution is -2.42. The van der Waals surface area contributed by atoms with Gasteiger partial charge in [0.05, 0.1) is 0 Å². The second-order valence-electron chi connectivity index (χ2n) is 5.64. The van der Waals surface area contributed by atoms with Crippen LogP contribution in [0.3, 0.4) is 0 Å². The molecule has 0 aliphatic rings. The molecular formula is C20H32F4N2. The zero-order valence-electron chi connectivity index (χ0n) is 16.6. The molecule has 2 nitrogen and oxygen atoms in total.